The van der Waals surface area contributed by atoms with E-state index in [0.29, 0.717) is 30.1 Å². The second-order valence-corrected chi connectivity index (χ2v) is 12.1. The maximum Gasteiger partial charge on any atom is 0.262 e. The number of aryl methyl sites for hydroxylation is 2. The minimum absolute atomic E-state index is 0. The summed E-state index contributed by atoms with van der Waals surface area (Å²) in [4.78, 5) is 19.1. The van der Waals surface area contributed by atoms with E-state index in [1.807, 2.05) is 6.92 Å². The van der Waals surface area contributed by atoms with Crippen LogP contribution in [-0.2, 0) is 17.1 Å². The van der Waals surface area contributed by atoms with Crippen molar-refractivity contribution in [3.63, 3.8) is 0 Å². The minimum atomic E-state index is -3.71. The summed E-state index contributed by atoms with van der Waals surface area (Å²) in [6.45, 7) is 3.18. The first-order chi connectivity index (χ1) is 16.4. The third-order valence-corrected chi connectivity index (χ3v) is 9.43. The number of aromatic nitrogens is 2. The van der Waals surface area contributed by atoms with Gasteiger partial charge in [-0.3, -0.25) is 9.69 Å². The van der Waals surface area contributed by atoms with Crippen LogP contribution in [0.4, 0.5) is 8.78 Å². The topological polar surface area (TPSA) is 75.5 Å². The lowest BCUT2D eigenvalue weighted by Gasteiger charge is -2.50. The highest BCUT2D eigenvalue weighted by atomic mass is 35.5. The SMILES string of the molecule is Cc1cc(Cl)ccc1C(=O)CCC1(N2CCN(S(=O)(=O)c3cn(C)cn3)CC2)CCC(F)(F)CC1.Cl. The van der Waals surface area contributed by atoms with Crippen LogP contribution in [0, 0.1) is 6.92 Å². The highest BCUT2D eigenvalue weighted by Gasteiger charge is 2.47. The first-order valence-corrected chi connectivity index (χ1v) is 13.6. The Kier molecular flexibility index (Phi) is 8.88. The lowest BCUT2D eigenvalue weighted by atomic mass is 9.74. The zero-order valence-electron chi connectivity index (χ0n) is 20.4. The molecule has 0 bridgehead atoms. The average Bonchev–Trinajstić information content (AvgIpc) is 3.26. The molecular weight excluding hydrogens is 533 g/mol. The van der Waals surface area contributed by atoms with Crippen molar-refractivity contribution in [2.24, 2.45) is 7.05 Å². The van der Waals surface area contributed by atoms with Crippen molar-refractivity contribution in [1.29, 1.82) is 0 Å². The number of imidazole rings is 1. The fraction of sp³-hybridized carbons (Fsp3) is 0.583. The number of sulfonamides is 1. The maximum atomic E-state index is 14.1. The number of alkyl halides is 2. The average molecular weight is 566 g/mol. The summed E-state index contributed by atoms with van der Waals surface area (Å²) >= 11 is 6.01. The number of hydrogen-bond acceptors (Lipinski definition) is 5. The van der Waals surface area contributed by atoms with E-state index in [1.165, 1.54) is 16.8 Å². The Morgan fingerprint density at radius 2 is 1.75 bits per heavy atom. The second kappa shape index (κ2) is 11.0. The Labute approximate surface area is 222 Å². The van der Waals surface area contributed by atoms with Crippen LogP contribution >= 0.6 is 24.0 Å². The summed E-state index contributed by atoms with van der Waals surface area (Å²) in [6, 6.07) is 5.13. The third kappa shape index (κ3) is 6.10. The number of Topliss-reactive ketones (excluding diaryl/α,β-unsaturated/α-hetero) is 1. The van der Waals surface area contributed by atoms with Crippen molar-refractivity contribution >= 4 is 39.8 Å². The van der Waals surface area contributed by atoms with E-state index in [0.717, 1.165) is 5.56 Å². The van der Waals surface area contributed by atoms with E-state index in [2.05, 4.69) is 9.88 Å². The zero-order valence-corrected chi connectivity index (χ0v) is 22.8. The van der Waals surface area contributed by atoms with Crippen LogP contribution in [0.2, 0.25) is 5.02 Å². The van der Waals surface area contributed by atoms with Crippen LogP contribution < -0.4 is 0 Å². The summed E-state index contributed by atoms with van der Waals surface area (Å²) in [5.41, 5.74) is 0.829. The third-order valence-electron chi connectivity index (χ3n) is 7.41. The molecule has 4 rings (SSSR count). The number of piperazine rings is 1. The smallest absolute Gasteiger partial charge is 0.262 e. The number of halogens is 4. The van der Waals surface area contributed by atoms with Gasteiger partial charge in [-0.05, 0) is 49.9 Å². The summed E-state index contributed by atoms with van der Waals surface area (Å²) in [7, 11) is -2.01. The fourth-order valence-electron chi connectivity index (χ4n) is 5.28. The van der Waals surface area contributed by atoms with Crippen molar-refractivity contribution < 1.29 is 22.0 Å². The van der Waals surface area contributed by atoms with E-state index in [1.54, 1.807) is 29.8 Å². The van der Waals surface area contributed by atoms with Crippen LogP contribution in [0.15, 0.2) is 35.7 Å². The van der Waals surface area contributed by atoms with Gasteiger partial charge in [0.15, 0.2) is 10.8 Å². The van der Waals surface area contributed by atoms with Crippen LogP contribution in [0.25, 0.3) is 0 Å². The van der Waals surface area contributed by atoms with E-state index in [-0.39, 0.29) is 68.4 Å². The Morgan fingerprint density at radius 1 is 1.11 bits per heavy atom. The number of ketones is 1. The van der Waals surface area contributed by atoms with Gasteiger partial charge in [-0.25, -0.2) is 22.2 Å². The molecule has 2 fully saturated rings. The molecule has 1 saturated carbocycles. The molecule has 1 saturated heterocycles. The number of benzene rings is 1. The van der Waals surface area contributed by atoms with Gasteiger partial charge in [0.2, 0.25) is 5.92 Å². The number of rotatable bonds is 7. The van der Waals surface area contributed by atoms with Gasteiger partial charge in [-0.15, -0.1) is 12.4 Å². The van der Waals surface area contributed by atoms with Gasteiger partial charge in [0, 0.05) is 74.8 Å². The molecule has 7 nitrogen and oxygen atoms in total. The quantitative estimate of drug-likeness (QED) is 0.455. The van der Waals surface area contributed by atoms with E-state index in [9.17, 15) is 22.0 Å². The summed E-state index contributed by atoms with van der Waals surface area (Å²) in [5, 5.41) is 0.563. The van der Waals surface area contributed by atoms with Gasteiger partial charge >= 0.3 is 0 Å². The predicted octanol–water partition coefficient (Wildman–Crippen LogP) is 4.72. The Morgan fingerprint density at radius 3 is 2.31 bits per heavy atom. The van der Waals surface area contributed by atoms with E-state index in [4.69, 9.17) is 11.6 Å². The van der Waals surface area contributed by atoms with Crippen molar-refractivity contribution in [3.8, 4) is 0 Å². The molecule has 2 aromatic rings. The second-order valence-electron chi connectivity index (χ2n) is 9.73. The molecule has 12 heteroatoms. The molecule has 200 valence electrons. The van der Waals surface area contributed by atoms with Gasteiger partial charge in [0.25, 0.3) is 10.0 Å². The lowest BCUT2D eigenvalue weighted by molar-refractivity contribution is -0.0891. The number of carbonyl (C=O) groups is 1. The molecule has 2 aliphatic rings. The lowest BCUT2D eigenvalue weighted by Crippen LogP contribution is -2.59. The van der Waals surface area contributed by atoms with Gasteiger partial charge < -0.3 is 4.57 Å². The van der Waals surface area contributed by atoms with Crippen molar-refractivity contribution in [2.45, 2.75) is 61.9 Å². The molecule has 1 aromatic carbocycles. The van der Waals surface area contributed by atoms with Gasteiger partial charge in [-0.2, -0.15) is 4.31 Å². The highest BCUT2D eigenvalue weighted by molar-refractivity contribution is 7.89. The first-order valence-electron chi connectivity index (χ1n) is 11.8. The predicted molar refractivity (Wildman–Crippen MR) is 137 cm³/mol. The molecule has 2 heterocycles. The molecular formula is C24H32Cl2F2N4O3S. The van der Waals surface area contributed by atoms with Crippen LogP contribution in [-0.4, -0.2) is 70.6 Å². The monoisotopic (exact) mass is 564 g/mol. The van der Waals surface area contributed by atoms with E-state index >= 15 is 0 Å². The molecule has 1 aromatic heterocycles. The summed E-state index contributed by atoms with van der Waals surface area (Å²) < 4.78 is 57.1. The molecule has 0 amide bonds. The van der Waals surface area contributed by atoms with Crippen molar-refractivity contribution in [2.75, 3.05) is 26.2 Å². The minimum Gasteiger partial charge on any atom is -0.339 e. The molecule has 0 atom stereocenters. The first kappa shape index (κ1) is 29.0. The van der Waals surface area contributed by atoms with Gasteiger partial charge in [-0.1, -0.05) is 11.6 Å². The van der Waals surface area contributed by atoms with Gasteiger partial charge in [0.05, 0.1) is 6.33 Å². The van der Waals surface area contributed by atoms with Crippen LogP contribution in [0.5, 0.6) is 0 Å². The summed E-state index contributed by atoms with van der Waals surface area (Å²) in [6.07, 6.45) is 3.70. The molecule has 0 spiro atoms. The highest BCUT2D eigenvalue weighted by Crippen LogP contribution is 2.44. The Hall–Kier alpha value is -1.59. The molecule has 0 N–H and O–H groups in total. The normalized spacial score (nSPS) is 20.6. The number of nitrogens with zero attached hydrogens (tertiary/aromatic N) is 4. The van der Waals surface area contributed by atoms with Crippen LogP contribution in [0.3, 0.4) is 0 Å². The molecule has 0 radical (unpaired) electrons. The fourth-order valence-corrected chi connectivity index (χ4v) is 6.90. The molecule has 36 heavy (non-hydrogen) atoms. The van der Waals surface area contributed by atoms with Crippen molar-refractivity contribution in [3.05, 3.63) is 46.9 Å². The Balaban J connectivity index is 0.00000361. The number of carbonyl (C=O) groups excluding carboxylic acids is 1. The van der Waals surface area contributed by atoms with Crippen molar-refractivity contribution in [1.82, 2.24) is 18.8 Å². The summed E-state index contributed by atoms with van der Waals surface area (Å²) in [5.74, 6) is -2.74. The zero-order chi connectivity index (χ0) is 25.4. The largest absolute Gasteiger partial charge is 0.339 e. The molecule has 1 aliphatic carbocycles. The molecule has 1 aliphatic heterocycles. The van der Waals surface area contributed by atoms with Crippen LogP contribution in [0.1, 0.15) is 54.4 Å². The Bertz CT molecular complexity index is 1190. The number of hydrogen-bond donors (Lipinski definition) is 0. The standard InChI is InChI=1S/C24H31ClF2N4O3S.ClH/c1-18-15-19(25)3-4-20(18)21(32)5-6-23(7-9-24(26,27)10-8-23)30-11-13-31(14-12-30)35(33,34)22-16-29(2)17-28-22;/h3-4,15-17H,5-14H2,1-2H3;1H. The van der Waals surface area contributed by atoms with Gasteiger partial charge in [0.1, 0.15) is 0 Å². The maximum absolute atomic E-state index is 14.1. The van der Waals surface area contributed by atoms with E-state index < -0.39 is 21.5 Å². The molecule has 0 unspecified atom stereocenters.